The molecule has 0 aliphatic heterocycles. The Morgan fingerprint density at radius 1 is 1.10 bits per heavy atom. The van der Waals surface area contributed by atoms with Crippen LogP contribution in [0.4, 0.5) is 5.82 Å². The van der Waals surface area contributed by atoms with E-state index in [9.17, 15) is 0 Å². The van der Waals surface area contributed by atoms with Gasteiger partial charge in [0.05, 0.1) is 16.4 Å². The minimum Gasteiger partial charge on any atom is -0.461 e. The number of hydrogen-bond donors (Lipinski definition) is 1. The van der Waals surface area contributed by atoms with Crippen LogP contribution in [-0.4, -0.2) is 16.5 Å². The molecule has 4 nitrogen and oxygen atoms in total. The average Bonchev–Trinajstić information content (AvgIpc) is 3.05. The molecule has 0 atom stereocenters. The maximum Gasteiger partial charge on any atom is 0.198 e. The highest BCUT2D eigenvalue weighted by atomic mass is 79.9. The molecule has 0 saturated heterocycles. The molecule has 1 N–H and O–H groups in total. The molecule has 0 radical (unpaired) electrons. The van der Waals surface area contributed by atoms with Crippen molar-refractivity contribution in [2.45, 2.75) is 6.92 Å². The van der Waals surface area contributed by atoms with Crippen LogP contribution in [0.2, 0.25) is 0 Å². The van der Waals surface area contributed by atoms with Crippen molar-refractivity contribution in [2.75, 3.05) is 11.9 Å². The van der Waals surface area contributed by atoms with Crippen molar-refractivity contribution < 1.29 is 4.42 Å². The monoisotopic (exact) mass is 343 g/mol. The van der Waals surface area contributed by atoms with Crippen LogP contribution in [-0.2, 0) is 0 Å². The lowest BCUT2D eigenvalue weighted by molar-refractivity contribution is 0.577. The van der Waals surface area contributed by atoms with Gasteiger partial charge in [0.15, 0.2) is 11.6 Å². The highest BCUT2D eigenvalue weighted by Gasteiger charge is 2.15. The highest BCUT2D eigenvalue weighted by Crippen LogP contribution is 2.33. The summed E-state index contributed by atoms with van der Waals surface area (Å²) in [5.74, 6) is 1.98. The first kappa shape index (κ1) is 13.8. The first-order valence-electron chi connectivity index (χ1n) is 6.70. The predicted molar refractivity (Wildman–Crippen MR) is 87.0 cm³/mol. The van der Waals surface area contributed by atoms with Crippen molar-refractivity contribution >= 4 is 21.7 Å². The van der Waals surface area contributed by atoms with Gasteiger partial charge in [-0.05, 0) is 35.0 Å². The first-order chi connectivity index (χ1) is 10.3. The molecule has 1 aromatic carbocycles. The number of rotatable bonds is 4. The van der Waals surface area contributed by atoms with Crippen molar-refractivity contribution in [1.29, 1.82) is 0 Å². The van der Waals surface area contributed by atoms with Gasteiger partial charge in [0.25, 0.3) is 0 Å². The third kappa shape index (κ3) is 2.83. The fourth-order valence-corrected chi connectivity index (χ4v) is 2.58. The summed E-state index contributed by atoms with van der Waals surface area (Å²) in [6, 6.07) is 13.7. The van der Waals surface area contributed by atoms with E-state index >= 15 is 0 Å². The van der Waals surface area contributed by atoms with Crippen LogP contribution in [0.5, 0.6) is 0 Å². The molecule has 0 aliphatic carbocycles. The average molecular weight is 344 g/mol. The van der Waals surface area contributed by atoms with Crippen molar-refractivity contribution in [2.24, 2.45) is 0 Å². The quantitative estimate of drug-likeness (QED) is 0.752. The smallest absolute Gasteiger partial charge is 0.198 e. The Bertz CT molecular complexity index is 727. The zero-order valence-electron chi connectivity index (χ0n) is 11.5. The number of hydrogen-bond acceptors (Lipinski definition) is 4. The van der Waals surface area contributed by atoms with E-state index in [0.717, 1.165) is 28.1 Å². The van der Waals surface area contributed by atoms with E-state index in [-0.39, 0.29) is 0 Å². The Hall–Kier alpha value is -2.14. The molecule has 0 spiro atoms. The van der Waals surface area contributed by atoms with Crippen molar-refractivity contribution in [1.82, 2.24) is 9.97 Å². The SMILES string of the molecule is CCNc1nc(-c2ccco2)nc(-c2ccccc2)c1Br. The zero-order chi connectivity index (χ0) is 14.7. The third-order valence-corrected chi connectivity index (χ3v) is 3.74. The summed E-state index contributed by atoms with van der Waals surface area (Å²) in [4.78, 5) is 9.16. The Labute approximate surface area is 131 Å². The molecule has 0 amide bonds. The van der Waals surface area contributed by atoms with E-state index in [2.05, 4.69) is 31.2 Å². The summed E-state index contributed by atoms with van der Waals surface area (Å²) in [5, 5.41) is 3.25. The van der Waals surface area contributed by atoms with E-state index in [1.165, 1.54) is 0 Å². The topological polar surface area (TPSA) is 51.0 Å². The Balaban J connectivity index is 2.18. The Morgan fingerprint density at radius 2 is 1.90 bits per heavy atom. The molecule has 5 heteroatoms. The fraction of sp³-hybridized carbons (Fsp3) is 0.125. The molecule has 0 bridgehead atoms. The predicted octanol–water partition coefficient (Wildman–Crippen LogP) is 4.60. The number of benzene rings is 1. The van der Waals surface area contributed by atoms with Crippen LogP contribution in [0.1, 0.15) is 6.92 Å². The Kier molecular flexibility index (Phi) is 4.01. The second-order valence-corrected chi connectivity index (χ2v) is 5.23. The molecular weight excluding hydrogens is 330 g/mol. The first-order valence-corrected chi connectivity index (χ1v) is 7.49. The van der Waals surface area contributed by atoms with Gasteiger partial charge >= 0.3 is 0 Å². The van der Waals surface area contributed by atoms with Crippen LogP contribution in [0.3, 0.4) is 0 Å². The number of aromatic nitrogens is 2. The number of nitrogens with one attached hydrogen (secondary N) is 1. The molecule has 2 aromatic heterocycles. The summed E-state index contributed by atoms with van der Waals surface area (Å²) in [7, 11) is 0. The van der Waals surface area contributed by atoms with Gasteiger partial charge in [0.1, 0.15) is 5.82 Å². The van der Waals surface area contributed by atoms with Gasteiger partial charge in [0.2, 0.25) is 0 Å². The minimum atomic E-state index is 0.568. The third-order valence-electron chi connectivity index (χ3n) is 2.98. The number of furan rings is 1. The molecule has 3 rings (SSSR count). The van der Waals surface area contributed by atoms with E-state index in [4.69, 9.17) is 4.42 Å². The molecule has 0 saturated carbocycles. The second-order valence-electron chi connectivity index (χ2n) is 4.43. The largest absolute Gasteiger partial charge is 0.461 e. The van der Waals surface area contributed by atoms with Gasteiger partial charge < -0.3 is 9.73 Å². The van der Waals surface area contributed by atoms with Crippen molar-refractivity contribution in [3.63, 3.8) is 0 Å². The van der Waals surface area contributed by atoms with Crippen LogP contribution >= 0.6 is 15.9 Å². The standard InChI is InChI=1S/C16H14BrN3O/c1-2-18-16-13(17)14(11-7-4-3-5-8-11)19-15(20-16)12-9-6-10-21-12/h3-10H,2H2,1H3,(H,18,19,20). The maximum absolute atomic E-state index is 5.42. The molecule has 0 fully saturated rings. The zero-order valence-corrected chi connectivity index (χ0v) is 13.1. The normalized spacial score (nSPS) is 10.6. The number of halogens is 1. The Morgan fingerprint density at radius 3 is 2.57 bits per heavy atom. The summed E-state index contributed by atoms with van der Waals surface area (Å²) in [6.45, 7) is 2.81. The molecule has 106 valence electrons. The fourth-order valence-electron chi connectivity index (χ4n) is 2.03. The molecule has 0 aliphatic rings. The van der Waals surface area contributed by atoms with Gasteiger partial charge in [-0.1, -0.05) is 30.3 Å². The summed E-state index contributed by atoms with van der Waals surface area (Å²) < 4.78 is 6.27. The van der Waals surface area contributed by atoms with Crippen LogP contribution in [0.25, 0.3) is 22.8 Å². The minimum absolute atomic E-state index is 0.568. The lowest BCUT2D eigenvalue weighted by Gasteiger charge is -2.11. The van der Waals surface area contributed by atoms with Gasteiger partial charge in [-0.25, -0.2) is 9.97 Å². The highest BCUT2D eigenvalue weighted by molar-refractivity contribution is 9.10. The molecular formula is C16H14BrN3O. The summed E-state index contributed by atoms with van der Waals surface area (Å²) in [5.41, 5.74) is 1.87. The van der Waals surface area contributed by atoms with E-state index in [1.807, 2.05) is 49.4 Å². The van der Waals surface area contributed by atoms with Crippen molar-refractivity contribution in [3.8, 4) is 22.8 Å². The molecule has 3 aromatic rings. The second kappa shape index (κ2) is 6.10. The lowest BCUT2D eigenvalue weighted by atomic mass is 10.1. The summed E-state index contributed by atoms with van der Waals surface area (Å²) in [6.07, 6.45) is 1.62. The maximum atomic E-state index is 5.42. The lowest BCUT2D eigenvalue weighted by Crippen LogP contribution is -2.04. The van der Waals surface area contributed by atoms with E-state index in [1.54, 1.807) is 6.26 Å². The number of anilines is 1. The van der Waals surface area contributed by atoms with Gasteiger partial charge in [-0.15, -0.1) is 0 Å². The molecule has 0 unspecified atom stereocenters. The van der Waals surface area contributed by atoms with Crippen LogP contribution < -0.4 is 5.32 Å². The van der Waals surface area contributed by atoms with Gasteiger partial charge in [-0.3, -0.25) is 0 Å². The van der Waals surface area contributed by atoms with Gasteiger partial charge in [0, 0.05) is 12.1 Å². The number of nitrogens with zero attached hydrogens (tertiary/aromatic N) is 2. The molecule has 2 heterocycles. The summed E-state index contributed by atoms with van der Waals surface area (Å²) >= 11 is 3.60. The van der Waals surface area contributed by atoms with Gasteiger partial charge in [-0.2, -0.15) is 0 Å². The molecule has 21 heavy (non-hydrogen) atoms. The van der Waals surface area contributed by atoms with Crippen LogP contribution in [0, 0.1) is 0 Å². The van der Waals surface area contributed by atoms with Crippen molar-refractivity contribution in [3.05, 3.63) is 53.2 Å². The van der Waals surface area contributed by atoms with E-state index < -0.39 is 0 Å². The van der Waals surface area contributed by atoms with Crippen LogP contribution in [0.15, 0.2) is 57.6 Å². The van der Waals surface area contributed by atoms with E-state index in [0.29, 0.717) is 11.6 Å².